The summed E-state index contributed by atoms with van der Waals surface area (Å²) in [6.07, 6.45) is 3.59. The molecule has 3 N–H and O–H groups in total. The predicted molar refractivity (Wildman–Crippen MR) is 157 cm³/mol. The van der Waals surface area contributed by atoms with Gasteiger partial charge in [-0.05, 0) is 98.3 Å². The molecule has 7 heteroatoms. The van der Waals surface area contributed by atoms with Gasteiger partial charge in [0.2, 0.25) is 0 Å². The molecule has 2 heterocycles. The maximum atomic E-state index is 12.8. The number of anilines is 6. The lowest BCUT2D eigenvalue weighted by atomic mass is 10.1. The SMILES string of the molecule is Cc1cc(Nc2ccc(NC(=O)c3ccc(Nc4ccnc5c(C)cc(N(C)C)cc45)cc3)cc2)ccn1. The molecule has 38 heavy (non-hydrogen) atoms. The number of amides is 1. The van der Waals surface area contributed by atoms with E-state index in [9.17, 15) is 4.79 Å². The van der Waals surface area contributed by atoms with Crippen molar-refractivity contribution in [2.45, 2.75) is 13.8 Å². The van der Waals surface area contributed by atoms with Gasteiger partial charge in [0.15, 0.2) is 0 Å². The number of carbonyl (C=O) groups excluding carboxylic acids is 1. The summed E-state index contributed by atoms with van der Waals surface area (Å²) >= 11 is 0. The van der Waals surface area contributed by atoms with Gasteiger partial charge in [-0.15, -0.1) is 0 Å². The second-order valence-corrected chi connectivity index (χ2v) is 9.46. The first-order valence-electron chi connectivity index (χ1n) is 12.4. The summed E-state index contributed by atoms with van der Waals surface area (Å²) < 4.78 is 0. The largest absolute Gasteiger partial charge is 0.378 e. The van der Waals surface area contributed by atoms with E-state index in [2.05, 4.69) is 49.9 Å². The highest BCUT2D eigenvalue weighted by Crippen LogP contribution is 2.31. The van der Waals surface area contributed by atoms with Crippen LogP contribution in [0.4, 0.5) is 34.1 Å². The number of pyridine rings is 2. The molecule has 0 bridgehead atoms. The Morgan fingerprint density at radius 2 is 1.37 bits per heavy atom. The Hall–Kier alpha value is -4.91. The van der Waals surface area contributed by atoms with Gasteiger partial charge in [0, 0.05) is 77.3 Å². The number of hydrogen-bond donors (Lipinski definition) is 3. The van der Waals surface area contributed by atoms with Crippen molar-refractivity contribution in [1.29, 1.82) is 0 Å². The smallest absolute Gasteiger partial charge is 0.255 e. The number of hydrogen-bond acceptors (Lipinski definition) is 6. The second-order valence-electron chi connectivity index (χ2n) is 9.46. The third kappa shape index (κ3) is 5.57. The summed E-state index contributed by atoms with van der Waals surface area (Å²) in [6.45, 7) is 4.03. The zero-order valence-corrected chi connectivity index (χ0v) is 21.9. The van der Waals surface area contributed by atoms with E-state index in [1.165, 1.54) is 0 Å². The first kappa shape index (κ1) is 24.8. The summed E-state index contributed by atoms with van der Waals surface area (Å²) in [7, 11) is 4.06. The van der Waals surface area contributed by atoms with Crippen molar-refractivity contribution in [3.8, 4) is 0 Å². The Bertz CT molecular complexity index is 1590. The van der Waals surface area contributed by atoms with Crippen molar-refractivity contribution in [3.05, 3.63) is 108 Å². The van der Waals surface area contributed by atoms with Crippen LogP contribution in [0.3, 0.4) is 0 Å². The van der Waals surface area contributed by atoms with E-state index in [-0.39, 0.29) is 5.91 Å². The molecule has 0 aliphatic heterocycles. The van der Waals surface area contributed by atoms with Crippen molar-refractivity contribution >= 4 is 50.9 Å². The number of fused-ring (bicyclic) bond motifs is 1. The molecule has 5 aromatic rings. The van der Waals surface area contributed by atoms with Crippen molar-refractivity contribution in [3.63, 3.8) is 0 Å². The van der Waals surface area contributed by atoms with Crippen LogP contribution in [0.15, 0.2) is 91.3 Å². The maximum absolute atomic E-state index is 12.8. The van der Waals surface area contributed by atoms with Gasteiger partial charge in [-0.25, -0.2) is 0 Å². The molecule has 0 unspecified atom stereocenters. The van der Waals surface area contributed by atoms with Crippen LogP contribution in [0, 0.1) is 13.8 Å². The molecule has 1 amide bonds. The van der Waals surface area contributed by atoms with E-state index in [0.29, 0.717) is 5.56 Å². The molecule has 0 radical (unpaired) electrons. The molecule has 7 nitrogen and oxygen atoms in total. The summed E-state index contributed by atoms with van der Waals surface area (Å²) in [5, 5.41) is 10.8. The fourth-order valence-corrected chi connectivity index (χ4v) is 4.27. The molecule has 0 saturated carbocycles. The Morgan fingerprint density at radius 3 is 2.08 bits per heavy atom. The van der Waals surface area contributed by atoms with Crippen LogP contribution in [-0.4, -0.2) is 30.0 Å². The van der Waals surface area contributed by atoms with Crippen molar-refractivity contribution in [2.75, 3.05) is 34.9 Å². The summed E-state index contributed by atoms with van der Waals surface area (Å²) in [6, 6.07) is 25.2. The first-order valence-corrected chi connectivity index (χ1v) is 12.4. The van der Waals surface area contributed by atoms with Crippen LogP contribution in [0.5, 0.6) is 0 Å². The number of carbonyl (C=O) groups is 1. The molecule has 190 valence electrons. The lowest BCUT2D eigenvalue weighted by Gasteiger charge is -2.17. The van der Waals surface area contributed by atoms with Crippen LogP contribution < -0.4 is 20.9 Å². The molecule has 2 aromatic heterocycles. The van der Waals surface area contributed by atoms with E-state index >= 15 is 0 Å². The minimum atomic E-state index is -0.164. The molecule has 0 spiro atoms. The molecule has 3 aromatic carbocycles. The number of benzene rings is 3. The minimum absolute atomic E-state index is 0.164. The Balaban J connectivity index is 1.26. The quantitative estimate of drug-likeness (QED) is 0.221. The highest BCUT2D eigenvalue weighted by Gasteiger charge is 2.10. The summed E-state index contributed by atoms with van der Waals surface area (Å²) in [4.78, 5) is 23.7. The number of aryl methyl sites for hydroxylation is 2. The normalized spacial score (nSPS) is 10.7. The molecule has 0 aliphatic rings. The summed E-state index contributed by atoms with van der Waals surface area (Å²) in [5.74, 6) is -0.164. The maximum Gasteiger partial charge on any atom is 0.255 e. The third-order valence-corrected chi connectivity index (χ3v) is 6.29. The van der Waals surface area contributed by atoms with E-state index < -0.39 is 0 Å². The van der Waals surface area contributed by atoms with Crippen molar-refractivity contribution in [1.82, 2.24) is 9.97 Å². The van der Waals surface area contributed by atoms with Gasteiger partial charge in [0.25, 0.3) is 5.91 Å². The topological polar surface area (TPSA) is 82.2 Å². The Morgan fingerprint density at radius 1 is 0.711 bits per heavy atom. The summed E-state index contributed by atoms with van der Waals surface area (Å²) in [5.41, 5.74) is 9.22. The zero-order valence-electron chi connectivity index (χ0n) is 21.9. The van der Waals surface area contributed by atoms with Crippen LogP contribution in [-0.2, 0) is 0 Å². The molecule has 0 saturated heterocycles. The Labute approximate surface area is 222 Å². The van der Waals surface area contributed by atoms with Crippen LogP contribution in [0.2, 0.25) is 0 Å². The average molecular weight is 503 g/mol. The van der Waals surface area contributed by atoms with Gasteiger partial charge in [0.05, 0.1) is 5.52 Å². The lowest BCUT2D eigenvalue weighted by Crippen LogP contribution is -2.11. The third-order valence-electron chi connectivity index (χ3n) is 6.29. The zero-order chi connectivity index (χ0) is 26.6. The van der Waals surface area contributed by atoms with Gasteiger partial charge < -0.3 is 20.9 Å². The molecular weight excluding hydrogens is 472 g/mol. The molecule has 0 atom stereocenters. The minimum Gasteiger partial charge on any atom is -0.378 e. The monoisotopic (exact) mass is 502 g/mol. The fourth-order valence-electron chi connectivity index (χ4n) is 4.27. The molecule has 0 aliphatic carbocycles. The number of rotatable bonds is 7. The highest BCUT2D eigenvalue weighted by molar-refractivity contribution is 6.04. The lowest BCUT2D eigenvalue weighted by molar-refractivity contribution is 0.102. The van der Waals surface area contributed by atoms with Crippen molar-refractivity contribution < 1.29 is 4.79 Å². The highest BCUT2D eigenvalue weighted by atomic mass is 16.1. The van der Waals surface area contributed by atoms with Gasteiger partial charge in [-0.1, -0.05) is 0 Å². The van der Waals surface area contributed by atoms with Gasteiger partial charge in [-0.2, -0.15) is 0 Å². The Kier molecular flexibility index (Phi) is 6.91. The second kappa shape index (κ2) is 10.6. The number of nitrogens with one attached hydrogen (secondary N) is 3. The standard InChI is InChI=1S/C31H30N6O/c1-20-17-27(37(3)4)19-28-29(14-16-33-30(20)28)35-24-7-5-22(6-8-24)31(38)36-25-11-9-23(10-12-25)34-26-13-15-32-21(2)18-26/h5-19H,1-4H3,(H,32,34)(H,33,35)(H,36,38). The van der Waals surface area contributed by atoms with Gasteiger partial charge >= 0.3 is 0 Å². The molecular formula is C31H30N6O. The molecule has 5 rings (SSSR count). The molecule has 0 fully saturated rings. The van der Waals surface area contributed by atoms with E-state index in [1.54, 1.807) is 6.20 Å². The van der Waals surface area contributed by atoms with Crippen LogP contribution >= 0.6 is 0 Å². The van der Waals surface area contributed by atoms with E-state index in [0.717, 1.165) is 56.3 Å². The van der Waals surface area contributed by atoms with Gasteiger partial charge in [-0.3, -0.25) is 14.8 Å². The van der Waals surface area contributed by atoms with Crippen LogP contribution in [0.1, 0.15) is 21.6 Å². The number of aromatic nitrogens is 2. The van der Waals surface area contributed by atoms with Crippen molar-refractivity contribution in [2.24, 2.45) is 0 Å². The number of nitrogens with zero attached hydrogens (tertiary/aromatic N) is 3. The van der Waals surface area contributed by atoms with Gasteiger partial charge in [0.1, 0.15) is 0 Å². The van der Waals surface area contributed by atoms with E-state index in [1.807, 2.05) is 93.9 Å². The predicted octanol–water partition coefficient (Wildman–Crippen LogP) is 7.05. The van der Waals surface area contributed by atoms with Crippen LogP contribution in [0.25, 0.3) is 10.9 Å². The fraction of sp³-hybridized carbons (Fsp3) is 0.129. The average Bonchev–Trinajstić information content (AvgIpc) is 2.90. The first-order chi connectivity index (χ1) is 18.4. The van der Waals surface area contributed by atoms with E-state index in [4.69, 9.17) is 0 Å².